The molecule has 0 bridgehead atoms. The van der Waals surface area contributed by atoms with Gasteiger partial charge in [-0.05, 0) is 92.4 Å². The fourth-order valence-electron chi connectivity index (χ4n) is 5.35. The molecule has 0 aliphatic carbocycles. The Kier molecular flexibility index (Phi) is 14.1. The number of nitrogens with two attached hydrogens (primary N) is 1. The number of benzene rings is 3. The number of carbonyl (C=O) groups is 2. The van der Waals surface area contributed by atoms with Gasteiger partial charge in [0.25, 0.3) is 11.8 Å². The number of carbonyl (C=O) groups excluding carboxylic acids is 2. The summed E-state index contributed by atoms with van der Waals surface area (Å²) >= 11 is 0. The Morgan fingerprint density at radius 2 is 1.49 bits per heavy atom. The highest BCUT2D eigenvalue weighted by atomic mass is 19.1. The van der Waals surface area contributed by atoms with Crippen molar-refractivity contribution in [2.75, 3.05) is 33.8 Å². The van der Waals surface area contributed by atoms with Crippen LogP contribution in [0.4, 0.5) is 8.78 Å². The maximum Gasteiger partial charge on any atom is 0.253 e. The van der Waals surface area contributed by atoms with Crippen molar-refractivity contribution in [2.24, 2.45) is 5.73 Å². The molecule has 0 heterocycles. The number of hydrogen-bond donors (Lipinski definition) is 2. The van der Waals surface area contributed by atoms with Crippen LogP contribution in [-0.4, -0.2) is 67.5 Å². The molecular weight excluding hydrogens is 574 g/mol. The van der Waals surface area contributed by atoms with E-state index in [0.717, 1.165) is 36.5 Å². The molecular formula is C36H48F2N4O3. The lowest BCUT2D eigenvalue weighted by Crippen LogP contribution is -2.51. The molecule has 0 radical (unpaired) electrons. The van der Waals surface area contributed by atoms with Crippen LogP contribution in [0, 0.1) is 11.6 Å². The van der Waals surface area contributed by atoms with Gasteiger partial charge in [-0.25, -0.2) is 8.78 Å². The molecule has 3 rings (SSSR count). The van der Waals surface area contributed by atoms with Gasteiger partial charge in [0.05, 0.1) is 19.3 Å². The zero-order chi connectivity index (χ0) is 32.9. The second kappa shape index (κ2) is 17.7. The van der Waals surface area contributed by atoms with E-state index >= 15 is 0 Å². The van der Waals surface area contributed by atoms with E-state index in [1.807, 2.05) is 51.0 Å². The number of halogens is 2. The molecule has 0 aliphatic heterocycles. The average Bonchev–Trinajstić information content (AvgIpc) is 2.99. The molecule has 45 heavy (non-hydrogen) atoms. The number of rotatable bonds is 17. The zero-order valence-corrected chi connectivity index (χ0v) is 27.2. The number of ether oxygens (including phenoxy) is 1. The average molecular weight is 623 g/mol. The molecule has 2 atom stereocenters. The molecule has 0 aromatic heterocycles. The van der Waals surface area contributed by atoms with Crippen molar-refractivity contribution in [3.8, 4) is 0 Å². The van der Waals surface area contributed by atoms with Crippen molar-refractivity contribution >= 4 is 11.8 Å². The van der Waals surface area contributed by atoms with Gasteiger partial charge in [-0.3, -0.25) is 9.59 Å². The molecule has 7 nitrogen and oxygen atoms in total. The lowest BCUT2D eigenvalue weighted by atomic mass is 9.98. The molecule has 2 amide bonds. The zero-order valence-electron chi connectivity index (χ0n) is 27.2. The van der Waals surface area contributed by atoms with Gasteiger partial charge in [0.2, 0.25) is 0 Å². The van der Waals surface area contributed by atoms with Crippen LogP contribution in [0.3, 0.4) is 0 Å². The Bertz CT molecular complexity index is 1390. The summed E-state index contributed by atoms with van der Waals surface area (Å²) in [6, 6.07) is 15.1. The third kappa shape index (κ3) is 11.3. The number of aryl methyl sites for hydroxylation is 1. The Morgan fingerprint density at radius 1 is 0.844 bits per heavy atom. The minimum atomic E-state index is -0.714. The number of nitrogens with one attached hydrogen (secondary N) is 1. The molecule has 244 valence electrons. The summed E-state index contributed by atoms with van der Waals surface area (Å²) in [5.41, 5.74) is 10.7. The third-order valence-electron chi connectivity index (χ3n) is 7.46. The van der Waals surface area contributed by atoms with E-state index in [1.54, 1.807) is 17.0 Å². The Morgan fingerprint density at radius 3 is 2.11 bits per heavy atom. The molecule has 3 N–H and O–H groups in total. The summed E-state index contributed by atoms with van der Waals surface area (Å²) in [5, 5.41) is 2.99. The van der Waals surface area contributed by atoms with Gasteiger partial charge in [-0.2, -0.15) is 0 Å². The van der Waals surface area contributed by atoms with Crippen molar-refractivity contribution in [1.29, 1.82) is 0 Å². The third-order valence-corrected chi connectivity index (χ3v) is 7.46. The fourth-order valence-corrected chi connectivity index (χ4v) is 5.35. The predicted molar refractivity (Wildman–Crippen MR) is 175 cm³/mol. The molecule has 0 saturated carbocycles. The van der Waals surface area contributed by atoms with Crippen LogP contribution in [0.15, 0.2) is 60.7 Å². The van der Waals surface area contributed by atoms with Gasteiger partial charge in [0.15, 0.2) is 0 Å². The molecule has 1 unspecified atom stereocenters. The number of nitrogens with zero attached hydrogens (tertiary/aromatic N) is 2. The van der Waals surface area contributed by atoms with Crippen molar-refractivity contribution in [3.05, 3.63) is 106 Å². The number of amides is 2. The summed E-state index contributed by atoms with van der Waals surface area (Å²) in [6.45, 7) is 8.34. The van der Waals surface area contributed by atoms with Gasteiger partial charge >= 0.3 is 0 Å². The van der Waals surface area contributed by atoms with Gasteiger partial charge in [-0.15, -0.1) is 0 Å². The Balaban J connectivity index is 1.88. The molecule has 3 aromatic carbocycles. The summed E-state index contributed by atoms with van der Waals surface area (Å²) < 4.78 is 34.1. The molecule has 3 aromatic rings. The van der Waals surface area contributed by atoms with Gasteiger partial charge in [0.1, 0.15) is 11.6 Å². The van der Waals surface area contributed by atoms with Crippen LogP contribution in [0.25, 0.3) is 0 Å². The first-order valence-corrected chi connectivity index (χ1v) is 15.8. The second-order valence-electron chi connectivity index (χ2n) is 11.9. The first-order valence-electron chi connectivity index (χ1n) is 15.8. The largest absolute Gasteiger partial charge is 0.375 e. The van der Waals surface area contributed by atoms with Crippen LogP contribution in [0.5, 0.6) is 0 Å². The van der Waals surface area contributed by atoms with Crippen molar-refractivity contribution in [3.63, 3.8) is 0 Å². The van der Waals surface area contributed by atoms with E-state index in [4.69, 9.17) is 10.5 Å². The van der Waals surface area contributed by atoms with Gasteiger partial charge in [-0.1, -0.05) is 45.0 Å². The topological polar surface area (TPSA) is 87.9 Å². The quantitative estimate of drug-likeness (QED) is 0.201. The standard InChI is InChI=1S/C36H48F2N4O3/c1-6-12-42(13-7-2)36(44)30-16-28(22-41(4)5)15-29(20-30)35(43)40-34(19-27-17-31(37)21-32(38)18-27)33(39)24-45-23-26-11-9-10-25(8-3)14-26/h9-11,14-18,20-21,33-34H,6-8,12-13,19,22-24,39H2,1-5H3,(H,40,43)/t33?,34-/m0/s1. The lowest BCUT2D eigenvalue weighted by Gasteiger charge is -2.26. The van der Waals surface area contributed by atoms with Gasteiger partial charge < -0.3 is 25.6 Å². The Hall–Kier alpha value is -3.66. The molecule has 0 spiro atoms. The lowest BCUT2D eigenvalue weighted by molar-refractivity contribution is 0.0755. The van der Waals surface area contributed by atoms with Crippen LogP contribution in [-0.2, 0) is 30.7 Å². The minimum absolute atomic E-state index is 0.0836. The van der Waals surface area contributed by atoms with E-state index in [-0.39, 0.29) is 18.9 Å². The fraction of sp³-hybridized carbons (Fsp3) is 0.444. The highest BCUT2D eigenvalue weighted by Gasteiger charge is 2.24. The summed E-state index contributed by atoms with van der Waals surface area (Å²) in [7, 11) is 3.83. The highest BCUT2D eigenvalue weighted by molar-refractivity contribution is 6.00. The first kappa shape index (κ1) is 35.8. The molecule has 0 saturated heterocycles. The van der Waals surface area contributed by atoms with Crippen LogP contribution in [0.1, 0.15) is 76.6 Å². The monoisotopic (exact) mass is 622 g/mol. The molecule has 9 heteroatoms. The van der Waals surface area contributed by atoms with Crippen molar-refractivity contribution < 1.29 is 23.1 Å². The Labute approximate surface area is 266 Å². The normalized spacial score (nSPS) is 12.6. The predicted octanol–water partition coefficient (Wildman–Crippen LogP) is 5.74. The smallest absolute Gasteiger partial charge is 0.253 e. The maximum atomic E-state index is 14.1. The summed E-state index contributed by atoms with van der Waals surface area (Å²) in [6.07, 6.45) is 2.63. The molecule has 0 aliphatic rings. The van der Waals surface area contributed by atoms with Crippen molar-refractivity contribution in [2.45, 2.75) is 71.7 Å². The van der Waals surface area contributed by atoms with Crippen LogP contribution in [0.2, 0.25) is 0 Å². The summed E-state index contributed by atoms with van der Waals surface area (Å²) in [4.78, 5) is 31.1. The first-order chi connectivity index (χ1) is 21.5. The van der Waals surface area contributed by atoms with E-state index in [9.17, 15) is 18.4 Å². The molecule has 0 fully saturated rings. The maximum absolute atomic E-state index is 14.1. The van der Waals surface area contributed by atoms with Crippen LogP contribution < -0.4 is 11.1 Å². The van der Waals surface area contributed by atoms with Gasteiger partial charge in [0, 0.05) is 42.9 Å². The SMILES string of the molecule is CCCN(CCC)C(=O)c1cc(CN(C)C)cc(C(=O)N[C@@H](Cc2cc(F)cc(F)c2)C(N)COCc2cccc(CC)c2)c1. The van der Waals surface area contributed by atoms with E-state index < -0.39 is 29.6 Å². The number of hydrogen-bond acceptors (Lipinski definition) is 5. The van der Waals surface area contributed by atoms with E-state index in [1.165, 1.54) is 17.7 Å². The summed E-state index contributed by atoms with van der Waals surface area (Å²) in [5.74, 6) is -1.98. The van der Waals surface area contributed by atoms with Crippen molar-refractivity contribution in [1.82, 2.24) is 15.1 Å². The van der Waals surface area contributed by atoms with E-state index in [2.05, 4.69) is 24.4 Å². The van der Waals surface area contributed by atoms with E-state index in [0.29, 0.717) is 42.9 Å². The van der Waals surface area contributed by atoms with Crippen LogP contribution >= 0.6 is 0 Å². The second-order valence-corrected chi connectivity index (χ2v) is 11.9. The highest BCUT2D eigenvalue weighted by Crippen LogP contribution is 2.17. The minimum Gasteiger partial charge on any atom is -0.375 e.